The lowest BCUT2D eigenvalue weighted by molar-refractivity contribution is -0.121. The molecule has 2 saturated carbocycles. The first-order valence-electron chi connectivity index (χ1n) is 11.6. The summed E-state index contributed by atoms with van der Waals surface area (Å²) in [6.45, 7) is 8.21. The molecule has 0 spiro atoms. The maximum atomic E-state index is 12.9. The SMILES string of the molecule is Cc1cc([N+]2(N3CCC[C@@H]3C)CCCC2)ccc1NC(=O)C1CC2CCC1C2. The van der Waals surface area contributed by atoms with Gasteiger partial charge in [-0.1, -0.05) is 6.42 Å². The van der Waals surface area contributed by atoms with Gasteiger partial charge in [0.1, 0.15) is 13.1 Å². The van der Waals surface area contributed by atoms with E-state index in [1.807, 2.05) is 0 Å². The molecule has 0 radical (unpaired) electrons. The van der Waals surface area contributed by atoms with E-state index in [4.69, 9.17) is 0 Å². The molecule has 4 aliphatic rings. The quantitative estimate of drug-likeness (QED) is 0.754. The highest BCUT2D eigenvalue weighted by Gasteiger charge is 2.46. The number of benzene rings is 1. The number of hydrogen-bond donors (Lipinski definition) is 1. The number of nitrogens with one attached hydrogen (secondary N) is 1. The maximum Gasteiger partial charge on any atom is 0.227 e. The summed E-state index contributed by atoms with van der Waals surface area (Å²) in [4.78, 5) is 12.9. The number of carbonyl (C=O) groups excluding carboxylic acids is 1. The molecule has 0 aromatic heterocycles. The molecule has 28 heavy (non-hydrogen) atoms. The minimum Gasteiger partial charge on any atom is -0.326 e. The minimum atomic E-state index is 0.250. The number of rotatable bonds is 4. The lowest BCUT2D eigenvalue weighted by Gasteiger charge is -2.43. The van der Waals surface area contributed by atoms with E-state index in [0.717, 1.165) is 22.6 Å². The fourth-order valence-electron chi connectivity index (χ4n) is 6.85. The molecule has 4 nitrogen and oxygen atoms in total. The van der Waals surface area contributed by atoms with Crippen LogP contribution in [0.2, 0.25) is 0 Å². The zero-order valence-electron chi connectivity index (χ0n) is 17.6. The summed E-state index contributed by atoms with van der Waals surface area (Å²) in [5.74, 6) is 1.97. The first-order valence-corrected chi connectivity index (χ1v) is 11.6. The van der Waals surface area contributed by atoms with Crippen molar-refractivity contribution in [3.63, 3.8) is 0 Å². The molecule has 3 unspecified atom stereocenters. The van der Waals surface area contributed by atoms with Crippen LogP contribution in [0.15, 0.2) is 18.2 Å². The third-order valence-corrected chi connectivity index (χ3v) is 8.34. The summed E-state index contributed by atoms with van der Waals surface area (Å²) in [6.07, 6.45) is 10.3. The van der Waals surface area contributed by atoms with Gasteiger partial charge in [-0.25, -0.2) is 4.59 Å². The molecule has 1 aromatic carbocycles. The Hall–Kier alpha value is -1.39. The molecule has 4 fully saturated rings. The van der Waals surface area contributed by atoms with Crippen molar-refractivity contribution in [3.05, 3.63) is 23.8 Å². The summed E-state index contributed by atoms with van der Waals surface area (Å²) >= 11 is 0. The summed E-state index contributed by atoms with van der Waals surface area (Å²) in [5.41, 5.74) is 3.65. The van der Waals surface area contributed by atoms with E-state index in [2.05, 4.69) is 42.4 Å². The van der Waals surface area contributed by atoms with Crippen molar-refractivity contribution in [2.24, 2.45) is 17.8 Å². The van der Waals surface area contributed by atoms with Gasteiger partial charge in [0.25, 0.3) is 0 Å². The number of fused-ring (bicyclic) bond motifs is 2. The molecule has 1 amide bonds. The molecule has 1 N–H and O–H groups in total. The Morgan fingerprint density at radius 1 is 1.11 bits per heavy atom. The van der Waals surface area contributed by atoms with Crippen LogP contribution in [0.3, 0.4) is 0 Å². The number of quaternary nitrogens is 1. The van der Waals surface area contributed by atoms with Crippen LogP contribution < -0.4 is 9.91 Å². The molecule has 5 rings (SSSR count). The third-order valence-electron chi connectivity index (χ3n) is 8.34. The van der Waals surface area contributed by atoms with Crippen molar-refractivity contribution in [2.45, 2.75) is 71.3 Å². The van der Waals surface area contributed by atoms with Crippen LogP contribution in [0.25, 0.3) is 0 Å². The van der Waals surface area contributed by atoms with E-state index in [1.165, 1.54) is 75.8 Å². The van der Waals surface area contributed by atoms with Gasteiger partial charge in [-0.3, -0.25) is 4.79 Å². The lowest BCUT2D eigenvalue weighted by Crippen LogP contribution is -2.61. The van der Waals surface area contributed by atoms with Gasteiger partial charge in [0.15, 0.2) is 5.69 Å². The summed E-state index contributed by atoms with van der Waals surface area (Å²) in [5, 5.41) is 6.02. The Morgan fingerprint density at radius 2 is 1.93 bits per heavy atom. The van der Waals surface area contributed by atoms with Crippen molar-refractivity contribution >= 4 is 17.3 Å². The van der Waals surface area contributed by atoms with Gasteiger partial charge in [0.05, 0.1) is 6.04 Å². The average molecular weight is 383 g/mol. The average Bonchev–Trinajstić information content (AvgIpc) is 3.47. The molecular formula is C24H36N3O+. The van der Waals surface area contributed by atoms with Crippen molar-refractivity contribution in [1.29, 1.82) is 0 Å². The molecule has 2 bridgehead atoms. The molecule has 2 aliphatic heterocycles. The zero-order valence-corrected chi connectivity index (χ0v) is 17.6. The van der Waals surface area contributed by atoms with Gasteiger partial charge >= 0.3 is 0 Å². The Morgan fingerprint density at radius 3 is 2.54 bits per heavy atom. The van der Waals surface area contributed by atoms with Gasteiger partial charge < -0.3 is 5.32 Å². The van der Waals surface area contributed by atoms with Gasteiger partial charge in [-0.05, 0) is 69.4 Å². The Bertz CT molecular complexity index is 754. The van der Waals surface area contributed by atoms with Crippen LogP contribution in [0, 0.1) is 24.7 Å². The largest absolute Gasteiger partial charge is 0.326 e. The first kappa shape index (κ1) is 18.6. The van der Waals surface area contributed by atoms with E-state index < -0.39 is 0 Å². The highest BCUT2D eigenvalue weighted by atomic mass is 16.1. The molecule has 2 heterocycles. The Balaban J connectivity index is 1.36. The van der Waals surface area contributed by atoms with Crippen LogP contribution in [0.5, 0.6) is 0 Å². The number of anilines is 1. The van der Waals surface area contributed by atoms with Crippen molar-refractivity contribution in [1.82, 2.24) is 9.60 Å². The maximum absolute atomic E-state index is 12.9. The minimum absolute atomic E-state index is 0.250. The number of aryl methyl sites for hydroxylation is 1. The zero-order chi connectivity index (χ0) is 19.3. The highest BCUT2D eigenvalue weighted by molar-refractivity contribution is 5.94. The van der Waals surface area contributed by atoms with E-state index in [-0.39, 0.29) is 11.8 Å². The second-order valence-electron chi connectivity index (χ2n) is 10.0. The fourth-order valence-corrected chi connectivity index (χ4v) is 6.85. The van der Waals surface area contributed by atoms with E-state index in [0.29, 0.717) is 12.0 Å². The Labute approximate surface area is 169 Å². The van der Waals surface area contributed by atoms with Crippen LogP contribution in [0.1, 0.15) is 63.9 Å². The molecular weight excluding hydrogens is 346 g/mol. The molecule has 2 aliphatic carbocycles. The fraction of sp³-hybridized carbons (Fsp3) is 0.708. The normalized spacial score (nSPS) is 34.2. The van der Waals surface area contributed by atoms with Gasteiger partial charge in [0.2, 0.25) is 5.91 Å². The van der Waals surface area contributed by atoms with E-state index in [1.54, 1.807) is 0 Å². The van der Waals surface area contributed by atoms with Crippen LogP contribution in [0.4, 0.5) is 11.4 Å². The molecule has 1 aromatic rings. The van der Waals surface area contributed by atoms with Crippen LogP contribution >= 0.6 is 0 Å². The highest BCUT2D eigenvalue weighted by Crippen LogP contribution is 2.48. The molecule has 4 heteroatoms. The van der Waals surface area contributed by atoms with E-state index >= 15 is 0 Å². The first-order chi connectivity index (χ1) is 13.6. The van der Waals surface area contributed by atoms with Gasteiger partial charge in [-0.15, -0.1) is 5.01 Å². The van der Waals surface area contributed by atoms with Crippen molar-refractivity contribution in [2.75, 3.05) is 25.0 Å². The van der Waals surface area contributed by atoms with Crippen molar-refractivity contribution in [3.8, 4) is 0 Å². The number of amides is 1. The molecule has 152 valence electrons. The second-order valence-corrected chi connectivity index (χ2v) is 10.0. The predicted octanol–water partition coefficient (Wildman–Crippen LogP) is 4.87. The van der Waals surface area contributed by atoms with Crippen LogP contribution in [-0.4, -0.2) is 36.6 Å². The number of hydrogen-bond acceptors (Lipinski definition) is 2. The van der Waals surface area contributed by atoms with Crippen LogP contribution in [-0.2, 0) is 4.79 Å². The smallest absolute Gasteiger partial charge is 0.227 e. The molecule has 2 saturated heterocycles. The summed E-state index contributed by atoms with van der Waals surface area (Å²) < 4.78 is 1.03. The summed E-state index contributed by atoms with van der Waals surface area (Å²) in [6, 6.07) is 7.48. The van der Waals surface area contributed by atoms with Gasteiger partial charge in [0, 0.05) is 43.1 Å². The van der Waals surface area contributed by atoms with Gasteiger partial charge in [-0.2, -0.15) is 0 Å². The summed E-state index contributed by atoms with van der Waals surface area (Å²) in [7, 11) is 0. The van der Waals surface area contributed by atoms with Crippen molar-refractivity contribution < 1.29 is 4.79 Å². The lowest BCUT2D eigenvalue weighted by atomic mass is 9.88. The number of carbonyl (C=O) groups is 1. The predicted molar refractivity (Wildman–Crippen MR) is 115 cm³/mol. The second kappa shape index (κ2) is 7.14. The number of nitrogens with zero attached hydrogens (tertiary/aromatic N) is 2. The third kappa shape index (κ3) is 3.00. The molecule has 4 atom stereocenters. The standard InChI is InChI=1S/C24H35N3O/c1-17-14-21(27(12-3-4-13-27)26-11-5-6-18(26)2)9-10-23(17)25-24(28)22-16-19-7-8-20(22)15-19/h9-10,14,18-20,22H,3-8,11-13,15-16H2,1-2H3/p+1/t18-,19?,20?,22?/m0/s1. The monoisotopic (exact) mass is 382 g/mol. The topological polar surface area (TPSA) is 32.3 Å². The van der Waals surface area contributed by atoms with E-state index in [9.17, 15) is 4.79 Å². The Kier molecular flexibility index (Phi) is 4.75.